The van der Waals surface area contributed by atoms with E-state index in [2.05, 4.69) is 30.2 Å². The molecule has 0 amide bonds. The average Bonchev–Trinajstić information content (AvgIpc) is 2.29. The van der Waals surface area contributed by atoms with Crippen molar-refractivity contribution in [3.05, 3.63) is 23.4 Å². The topological polar surface area (TPSA) is 34.2 Å². The van der Waals surface area contributed by atoms with Gasteiger partial charge in [0.15, 0.2) is 0 Å². The second-order valence-corrected chi connectivity index (χ2v) is 3.54. The van der Waals surface area contributed by atoms with E-state index in [4.69, 9.17) is 4.74 Å². The standard InChI is InChI=1S/C12H20N2O/c1-4-6-13-9-10-7-11(5-2)14-12(8-10)15-3/h7-8,13H,4-6,9H2,1-3H3. The molecule has 1 heterocycles. The first-order valence-electron chi connectivity index (χ1n) is 5.54. The van der Waals surface area contributed by atoms with Gasteiger partial charge < -0.3 is 10.1 Å². The zero-order valence-corrected chi connectivity index (χ0v) is 9.84. The summed E-state index contributed by atoms with van der Waals surface area (Å²) in [6.45, 7) is 6.20. The molecule has 0 aromatic carbocycles. The third-order valence-corrected chi connectivity index (χ3v) is 2.24. The van der Waals surface area contributed by atoms with E-state index >= 15 is 0 Å². The van der Waals surface area contributed by atoms with Gasteiger partial charge in [-0.15, -0.1) is 0 Å². The SMILES string of the molecule is CCCNCc1cc(CC)nc(OC)c1. The predicted molar refractivity (Wildman–Crippen MR) is 62.2 cm³/mol. The number of methoxy groups -OCH3 is 1. The number of nitrogens with zero attached hydrogens (tertiary/aromatic N) is 1. The van der Waals surface area contributed by atoms with Crippen molar-refractivity contribution in [3.8, 4) is 5.88 Å². The van der Waals surface area contributed by atoms with Gasteiger partial charge in [0.05, 0.1) is 7.11 Å². The van der Waals surface area contributed by atoms with E-state index in [9.17, 15) is 0 Å². The molecule has 0 aliphatic heterocycles. The molecular formula is C12H20N2O. The molecular weight excluding hydrogens is 188 g/mol. The van der Waals surface area contributed by atoms with Gasteiger partial charge in [0.2, 0.25) is 5.88 Å². The molecule has 3 heteroatoms. The largest absolute Gasteiger partial charge is 0.481 e. The Balaban J connectivity index is 2.68. The summed E-state index contributed by atoms with van der Waals surface area (Å²) in [5, 5.41) is 3.37. The number of aromatic nitrogens is 1. The molecule has 0 aliphatic rings. The molecule has 1 rings (SSSR count). The molecule has 0 saturated heterocycles. The first-order valence-corrected chi connectivity index (χ1v) is 5.54. The van der Waals surface area contributed by atoms with Crippen LogP contribution >= 0.6 is 0 Å². The van der Waals surface area contributed by atoms with Gasteiger partial charge >= 0.3 is 0 Å². The van der Waals surface area contributed by atoms with Crippen LogP contribution < -0.4 is 10.1 Å². The molecule has 0 atom stereocenters. The molecule has 1 N–H and O–H groups in total. The third-order valence-electron chi connectivity index (χ3n) is 2.24. The predicted octanol–water partition coefficient (Wildman–Crippen LogP) is 2.15. The maximum absolute atomic E-state index is 5.16. The molecule has 84 valence electrons. The monoisotopic (exact) mass is 208 g/mol. The van der Waals surface area contributed by atoms with E-state index in [-0.39, 0.29) is 0 Å². The molecule has 1 aromatic rings. The smallest absolute Gasteiger partial charge is 0.213 e. The Morgan fingerprint density at radius 2 is 2.13 bits per heavy atom. The minimum atomic E-state index is 0.711. The Kier molecular flexibility index (Phi) is 5.12. The highest BCUT2D eigenvalue weighted by molar-refractivity contribution is 5.25. The second kappa shape index (κ2) is 6.40. The summed E-state index contributed by atoms with van der Waals surface area (Å²) in [7, 11) is 1.66. The fraction of sp³-hybridized carbons (Fsp3) is 0.583. The number of hydrogen-bond donors (Lipinski definition) is 1. The van der Waals surface area contributed by atoms with Crippen LogP contribution in [0.1, 0.15) is 31.5 Å². The third kappa shape index (κ3) is 3.88. The van der Waals surface area contributed by atoms with Crippen molar-refractivity contribution in [3.63, 3.8) is 0 Å². The van der Waals surface area contributed by atoms with Gasteiger partial charge in [-0.3, -0.25) is 0 Å². The first-order chi connectivity index (χ1) is 7.30. The van der Waals surface area contributed by atoms with Crippen molar-refractivity contribution < 1.29 is 4.74 Å². The summed E-state index contributed by atoms with van der Waals surface area (Å²) in [5.74, 6) is 0.711. The van der Waals surface area contributed by atoms with Gasteiger partial charge in [0.25, 0.3) is 0 Å². The quantitative estimate of drug-likeness (QED) is 0.727. The molecule has 3 nitrogen and oxygen atoms in total. The lowest BCUT2D eigenvalue weighted by Gasteiger charge is -2.07. The fourth-order valence-corrected chi connectivity index (χ4v) is 1.42. The summed E-state index contributed by atoms with van der Waals surface area (Å²) in [6.07, 6.45) is 2.10. The lowest BCUT2D eigenvalue weighted by molar-refractivity contribution is 0.395. The van der Waals surface area contributed by atoms with Gasteiger partial charge in [-0.1, -0.05) is 13.8 Å². The van der Waals surface area contributed by atoms with Crippen LogP contribution in [0.15, 0.2) is 12.1 Å². The lowest BCUT2D eigenvalue weighted by atomic mass is 10.2. The minimum absolute atomic E-state index is 0.711. The first kappa shape index (κ1) is 12.0. The van der Waals surface area contributed by atoms with E-state index in [1.807, 2.05) is 6.07 Å². The highest BCUT2D eigenvalue weighted by Crippen LogP contribution is 2.12. The van der Waals surface area contributed by atoms with E-state index in [0.29, 0.717) is 5.88 Å². The van der Waals surface area contributed by atoms with E-state index in [1.54, 1.807) is 7.11 Å². The molecule has 0 radical (unpaired) electrons. The van der Waals surface area contributed by atoms with E-state index in [0.717, 1.165) is 31.6 Å². The van der Waals surface area contributed by atoms with Crippen LogP contribution in [0.4, 0.5) is 0 Å². The van der Waals surface area contributed by atoms with Crippen LogP contribution in [0, 0.1) is 0 Å². The van der Waals surface area contributed by atoms with Gasteiger partial charge in [-0.25, -0.2) is 4.98 Å². The maximum atomic E-state index is 5.16. The molecule has 0 aliphatic carbocycles. The minimum Gasteiger partial charge on any atom is -0.481 e. The summed E-state index contributed by atoms with van der Waals surface area (Å²) >= 11 is 0. The fourth-order valence-electron chi connectivity index (χ4n) is 1.42. The highest BCUT2D eigenvalue weighted by atomic mass is 16.5. The number of hydrogen-bond acceptors (Lipinski definition) is 3. The Bertz CT molecular complexity index is 277. The van der Waals surface area contributed by atoms with E-state index < -0.39 is 0 Å². The average molecular weight is 208 g/mol. The number of nitrogens with one attached hydrogen (secondary N) is 1. The van der Waals surface area contributed by atoms with Crippen molar-refractivity contribution >= 4 is 0 Å². The number of ether oxygens (including phenoxy) is 1. The van der Waals surface area contributed by atoms with Crippen molar-refractivity contribution in [2.24, 2.45) is 0 Å². The molecule has 0 fully saturated rings. The van der Waals surface area contributed by atoms with Crippen molar-refractivity contribution in [1.29, 1.82) is 0 Å². The van der Waals surface area contributed by atoms with Crippen molar-refractivity contribution in [2.45, 2.75) is 33.2 Å². The summed E-state index contributed by atoms with van der Waals surface area (Å²) < 4.78 is 5.16. The van der Waals surface area contributed by atoms with Crippen LogP contribution in [0.3, 0.4) is 0 Å². The van der Waals surface area contributed by atoms with Gasteiger partial charge in [0, 0.05) is 18.3 Å². The van der Waals surface area contributed by atoms with Crippen LogP contribution in [0.25, 0.3) is 0 Å². The number of rotatable bonds is 6. The molecule has 0 unspecified atom stereocenters. The summed E-state index contributed by atoms with van der Waals surface area (Å²) in [4.78, 5) is 4.35. The van der Waals surface area contributed by atoms with Crippen LogP contribution in [0.2, 0.25) is 0 Å². The second-order valence-electron chi connectivity index (χ2n) is 3.54. The number of aryl methyl sites for hydroxylation is 1. The van der Waals surface area contributed by atoms with Gasteiger partial charge in [0.1, 0.15) is 0 Å². The van der Waals surface area contributed by atoms with Gasteiger partial charge in [-0.2, -0.15) is 0 Å². The normalized spacial score (nSPS) is 10.3. The highest BCUT2D eigenvalue weighted by Gasteiger charge is 2.01. The Morgan fingerprint density at radius 3 is 2.73 bits per heavy atom. The lowest BCUT2D eigenvalue weighted by Crippen LogP contribution is -2.14. The van der Waals surface area contributed by atoms with Crippen LogP contribution in [-0.4, -0.2) is 18.6 Å². The summed E-state index contributed by atoms with van der Waals surface area (Å²) in [6, 6.07) is 4.12. The zero-order chi connectivity index (χ0) is 11.1. The molecule has 0 saturated carbocycles. The maximum Gasteiger partial charge on any atom is 0.213 e. The molecule has 1 aromatic heterocycles. The van der Waals surface area contributed by atoms with Gasteiger partial charge in [-0.05, 0) is 31.0 Å². The molecule has 0 spiro atoms. The Labute approximate surface area is 91.9 Å². The van der Waals surface area contributed by atoms with Crippen molar-refractivity contribution in [2.75, 3.05) is 13.7 Å². The molecule has 0 bridgehead atoms. The van der Waals surface area contributed by atoms with E-state index in [1.165, 1.54) is 5.56 Å². The molecule has 15 heavy (non-hydrogen) atoms. The Morgan fingerprint density at radius 1 is 1.33 bits per heavy atom. The van der Waals surface area contributed by atoms with Crippen molar-refractivity contribution in [1.82, 2.24) is 10.3 Å². The van der Waals surface area contributed by atoms with Crippen LogP contribution in [-0.2, 0) is 13.0 Å². The summed E-state index contributed by atoms with van der Waals surface area (Å²) in [5.41, 5.74) is 2.33. The van der Waals surface area contributed by atoms with Crippen LogP contribution in [0.5, 0.6) is 5.88 Å². The Hall–Kier alpha value is -1.09. The zero-order valence-electron chi connectivity index (χ0n) is 9.84. The number of pyridine rings is 1.